The Bertz CT molecular complexity index is 684. The number of nitrogens with zero attached hydrogens (tertiary/aromatic N) is 1. The van der Waals surface area contributed by atoms with Crippen molar-refractivity contribution in [3.05, 3.63) is 59.3 Å². The summed E-state index contributed by atoms with van der Waals surface area (Å²) in [7, 11) is 1.53. The van der Waals surface area contributed by atoms with E-state index in [1.54, 1.807) is 30.5 Å². The van der Waals surface area contributed by atoms with Crippen LogP contribution in [0.25, 0.3) is 0 Å². The van der Waals surface area contributed by atoms with E-state index in [2.05, 4.69) is 15.6 Å². The maximum absolute atomic E-state index is 11.9. The van der Waals surface area contributed by atoms with Gasteiger partial charge in [0, 0.05) is 24.4 Å². The van der Waals surface area contributed by atoms with E-state index in [4.69, 9.17) is 4.74 Å². The molecule has 0 radical (unpaired) electrons. The van der Waals surface area contributed by atoms with Crippen LogP contribution in [0.4, 0.5) is 0 Å². The minimum absolute atomic E-state index is 0.0745. The summed E-state index contributed by atoms with van der Waals surface area (Å²) >= 11 is 0. The summed E-state index contributed by atoms with van der Waals surface area (Å²) in [6.07, 6.45) is 1.61. The quantitative estimate of drug-likeness (QED) is 0.846. The fourth-order valence-electron chi connectivity index (χ4n) is 1.90. The van der Waals surface area contributed by atoms with E-state index in [-0.39, 0.29) is 18.4 Å². The van der Waals surface area contributed by atoms with Gasteiger partial charge in [0.25, 0.3) is 5.91 Å². The highest BCUT2D eigenvalue weighted by Crippen LogP contribution is 2.07. The van der Waals surface area contributed by atoms with E-state index in [1.165, 1.54) is 7.11 Å². The molecule has 6 heteroatoms. The van der Waals surface area contributed by atoms with Crippen molar-refractivity contribution in [2.75, 3.05) is 13.7 Å². The Labute approximate surface area is 134 Å². The zero-order valence-electron chi connectivity index (χ0n) is 13.1. The van der Waals surface area contributed by atoms with Crippen molar-refractivity contribution in [2.45, 2.75) is 13.5 Å². The van der Waals surface area contributed by atoms with Crippen LogP contribution in [0.1, 0.15) is 21.5 Å². The summed E-state index contributed by atoms with van der Waals surface area (Å²) in [5, 5.41) is 5.32. The molecule has 0 atom stereocenters. The first-order chi connectivity index (χ1) is 11.1. The molecule has 2 aromatic rings. The van der Waals surface area contributed by atoms with Crippen molar-refractivity contribution in [3.63, 3.8) is 0 Å². The Morgan fingerprint density at radius 2 is 1.87 bits per heavy atom. The molecule has 0 unspecified atom stereocenters. The van der Waals surface area contributed by atoms with E-state index in [0.717, 1.165) is 11.1 Å². The Morgan fingerprint density at radius 3 is 2.57 bits per heavy atom. The van der Waals surface area contributed by atoms with Gasteiger partial charge in [0.2, 0.25) is 11.8 Å². The monoisotopic (exact) mass is 313 g/mol. The Hall–Kier alpha value is -2.89. The molecule has 2 amide bonds. The maximum Gasteiger partial charge on any atom is 0.251 e. The molecule has 0 fully saturated rings. The van der Waals surface area contributed by atoms with Gasteiger partial charge in [-0.05, 0) is 30.7 Å². The lowest BCUT2D eigenvalue weighted by molar-refractivity contribution is -0.120. The third-order valence-corrected chi connectivity index (χ3v) is 3.22. The van der Waals surface area contributed by atoms with Crippen molar-refractivity contribution in [1.29, 1.82) is 0 Å². The highest BCUT2D eigenvalue weighted by atomic mass is 16.5. The van der Waals surface area contributed by atoms with Gasteiger partial charge in [0.05, 0.1) is 13.7 Å². The number of ether oxygens (including phenoxy) is 1. The van der Waals surface area contributed by atoms with Gasteiger partial charge in [-0.2, -0.15) is 0 Å². The molecular weight excluding hydrogens is 294 g/mol. The van der Waals surface area contributed by atoms with Crippen LogP contribution in [0, 0.1) is 6.92 Å². The molecule has 0 aliphatic carbocycles. The number of rotatable bonds is 6. The molecule has 0 saturated carbocycles. The van der Waals surface area contributed by atoms with Crippen LogP contribution in [0.2, 0.25) is 0 Å². The summed E-state index contributed by atoms with van der Waals surface area (Å²) in [6.45, 7) is 2.22. The summed E-state index contributed by atoms with van der Waals surface area (Å²) in [5.41, 5.74) is 2.48. The fraction of sp³-hybridized carbons (Fsp3) is 0.235. The van der Waals surface area contributed by atoms with Gasteiger partial charge < -0.3 is 15.4 Å². The molecule has 23 heavy (non-hydrogen) atoms. The van der Waals surface area contributed by atoms with E-state index >= 15 is 0 Å². The van der Waals surface area contributed by atoms with Gasteiger partial charge in [0.1, 0.15) is 0 Å². The predicted octanol–water partition coefficient (Wildman–Crippen LogP) is 1.44. The molecular formula is C17H19N3O3. The van der Waals surface area contributed by atoms with Crippen LogP contribution >= 0.6 is 0 Å². The first-order valence-electron chi connectivity index (χ1n) is 7.19. The second-order valence-electron chi connectivity index (χ2n) is 5.03. The first-order valence-corrected chi connectivity index (χ1v) is 7.19. The van der Waals surface area contributed by atoms with Gasteiger partial charge in [0.15, 0.2) is 0 Å². The van der Waals surface area contributed by atoms with E-state index < -0.39 is 0 Å². The van der Waals surface area contributed by atoms with Gasteiger partial charge >= 0.3 is 0 Å². The molecule has 2 rings (SSSR count). The van der Waals surface area contributed by atoms with Crippen molar-refractivity contribution >= 4 is 11.8 Å². The number of aromatic nitrogens is 1. The lowest BCUT2D eigenvalue weighted by Gasteiger charge is -2.08. The third-order valence-electron chi connectivity index (χ3n) is 3.22. The van der Waals surface area contributed by atoms with Gasteiger partial charge in [-0.25, -0.2) is 4.98 Å². The molecule has 0 saturated heterocycles. The highest BCUT2D eigenvalue weighted by molar-refractivity contribution is 5.96. The normalized spacial score (nSPS) is 10.0. The molecule has 1 heterocycles. The lowest BCUT2D eigenvalue weighted by Crippen LogP contribution is -2.36. The van der Waals surface area contributed by atoms with Gasteiger partial charge in [-0.3, -0.25) is 9.59 Å². The minimum atomic E-state index is -0.272. The molecule has 0 aliphatic heterocycles. The molecule has 0 aliphatic rings. The zero-order valence-corrected chi connectivity index (χ0v) is 13.1. The van der Waals surface area contributed by atoms with Crippen LogP contribution in [0.3, 0.4) is 0 Å². The smallest absolute Gasteiger partial charge is 0.251 e. The number of amides is 2. The van der Waals surface area contributed by atoms with Crippen LogP contribution in [-0.2, 0) is 11.3 Å². The Kier molecular flexibility index (Phi) is 5.68. The number of nitrogens with one attached hydrogen (secondary N) is 2. The standard InChI is InChI=1S/C17H19N3O3/c1-12-3-5-14(6-4-12)17(22)20-11-15(21)19-10-13-7-8-18-16(9-13)23-2/h3-9H,10-11H2,1-2H3,(H,19,21)(H,20,22). The third kappa shape index (κ3) is 5.10. The summed E-state index contributed by atoms with van der Waals surface area (Å²) in [4.78, 5) is 27.7. The summed E-state index contributed by atoms with van der Waals surface area (Å²) < 4.78 is 5.02. The first kappa shape index (κ1) is 16.5. The maximum atomic E-state index is 11.9. The topological polar surface area (TPSA) is 80.3 Å². The van der Waals surface area contributed by atoms with Crippen molar-refractivity contribution in [1.82, 2.24) is 15.6 Å². The average molecular weight is 313 g/mol. The number of hydrogen-bond donors (Lipinski definition) is 2. The van der Waals surface area contributed by atoms with E-state index in [9.17, 15) is 9.59 Å². The minimum Gasteiger partial charge on any atom is -0.481 e. The largest absolute Gasteiger partial charge is 0.481 e. The number of hydrogen-bond acceptors (Lipinski definition) is 4. The summed E-state index contributed by atoms with van der Waals surface area (Å²) in [5.74, 6) is -0.0450. The lowest BCUT2D eigenvalue weighted by atomic mass is 10.1. The molecule has 120 valence electrons. The number of aryl methyl sites for hydroxylation is 1. The Balaban J connectivity index is 1.78. The van der Waals surface area contributed by atoms with E-state index in [0.29, 0.717) is 18.0 Å². The molecule has 2 N–H and O–H groups in total. The van der Waals surface area contributed by atoms with Crippen molar-refractivity contribution in [3.8, 4) is 5.88 Å². The molecule has 1 aromatic heterocycles. The number of carbonyl (C=O) groups excluding carboxylic acids is 2. The van der Waals surface area contributed by atoms with Gasteiger partial charge in [-0.1, -0.05) is 17.7 Å². The fourth-order valence-corrected chi connectivity index (χ4v) is 1.90. The van der Waals surface area contributed by atoms with Crippen LogP contribution in [-0.4, -0.2) is 30.5 Å². The van der Waals surface area contributed by atoms with Crippen LogP contribution in [0.5, 0.6) is 5.88 Å². The second kappa shape index (κ2) is 7.93. The van der Waals surface area contributed by atoms with Gasteiger partial charge in [-0.15, -0.1) is 0 Å². The molecule has 0 bridgehead atoms. The number of benzene rings is 1. The van der Waals surface area contributed by atoms with E-state index in [1.807, 2.05) is 19.1 Å². The molecule has 0 spiro atoms. The van der Waals surface area contributed by atoms with Crippen molar-refractivity contribution < 1.29 is 14.3 Å². The Morgan fingerprint density at radius 1 is 1.13 bits per heavy atom. The van der Waals surface area contributed by atoms with Crippen LogP contribution in [0.15, 0.2) is 42.6 Å². The number of pyridine rings is 1. The number of carbonyl (C=O) groups is 2. The van der Waals surface area contributed by atoms with Crippen molar-refractivity contribution in [2.24, 2.45) is 0 Å². The highest BCUT2D eigenvalue weighted by Gasteiger charge is 2.08. The molecule has 1 aromatic carbocycles. The zero-order chi connectivity index (χ0) is 16.7. The molecule has 6 nitrogen and oxygen atoms in total. The predicted molar refractivity (Wildman–Crippen MR) is 86.1 cm³/mol. The average Bonchev–Trinajstić information content (AvgIpc) is 2.58. The number of methoxy groups -OCH3 is 1. The SMILES string of the molecule is COc1cc(CNC(=O)CNC(=O)c2ccc(C)cc2)ccn1. The second-order valence-corrected chi connectivity index (χ2v) is 5.03. The van der Waals surface area contributed by atoms with Crippen LogP contribution < -0.4 is 15.4 Å². The summed E-state index contributed by atoms with van der Waals surface area (Å²) in [6, 6.07) is 10.7.